The van der Waals surface area contributed by atoms with Crippen LogP contribution in [0.3, 0.4) is 0 Å². The highest BCUT2D eigenvalue weighted by Gasteiger charge is 2.35. The molecule has 1 aliphatic heterocycles. The number of nitrogens with zero attached hydrogens (tertiary/aromatic N) is 4. The molecule has 0 fully saturated rings. The number of aromatic nitrogens is 3. The predicted molar refractivity (Wildman–Crippen MR) is 110 cm³/mol. The number of thioether (sulfide) groups is 1. The maximum absolute atomic E-state index is 12.6. The van der Waals surface area contributed by atoms with Crippen molar-refractivity contribution in [2.75, 3.05) is 10.7 Å². The summed E-state index contributed by atoms with van der Waals surface area (Å²) in [4.78, 5) is 19.7. The maximum Gasteiger partial charge on any atom is 0.247 e. The molecule has 1 atom stereocenters. The second kappa shape index (κ2) is 7.57. The van der Waals surface area contributed by atoms with E-state index in [0.29, 0.717) is 16.7 Å². The first-order chi connectivity index (χ1) is 13.1. The van der Waals surface area contributed by atoms with Crippen molar-refractivity contribution in [3.63, 3.8) is 0 Å². The highest BCUT2D eigenvalue weighted by Crippen LogP contribution is 2.44. The quantitative estimate of drug-likeness (QED) is 0.514. The lowest BCUT2D eigenvalue weighted by molar-refractivity contribution is -0.118. The van der Waals surface area contributed by atoms with Gasteiger partial charge in [0.25, 0.3) is 0 Å². The minimum absolute atomic E-state index is 0.124. The van der Waals surface area contributed by atoms with Crippen LogP contribution in [-0.2, 0) is 4.79 Å². The first-order valence-electron chi connectivity index (χ1n) is 8.27. The van der Waals surface area contributed by atoms with Crippen LogP contribution < -0.4 is 9.64 Å². The molecule has 0 aliphatic carbocycles. The Kier molecular flexibility index (Phi) is 5.16. The molecule has 1 aromatic carbocycles. The summed E-state index contributed by atoms with van der Waals surface area (Å²) >= 11 is 6.50. The monoisotopic (exact) mass is 462 g/mol. The van der Waals surface area contributed by atoms with Gasteiger partial charge in [0, 0.05) is 12.5 Å². The number of carbonyl (C=O) groups is 1. The number of hydrogen-bond acceptors (Lipinski definition) is 7. The summed E-state index contributed by atoms with van der Waals surface area (Å²) in [5, 5.41) is 9.12. The lowest BCUT2D eigenvalue weighted by Crippen LogP contribution is -2.35. The van der Waals surface area contributed by atoms with E-state index in [2.05, 4.69) is 31.1 Å². The molecule has 0 N–H and O–H groups in total. The molecule has 2 aromatic heterocycles. The predicted octanol–water partition coefficient (Wildman–Crippen LogP) is 4.92. The van der Waals surface area contributed by atoms with Gasteiger partial charge in [-0.15, -0.1) is 21.5 Å². The Morgan fingerprint density at radius 2 is 2.11 bits per heavy atom. The van der Waals surface area contributed by atoms with E-state index in [4.69, 9.17) is 4.74 Å². The maximum atomic E-state index is 12.6. The van der Waals surface area contributed by atoms with Gasteiger partial charge >= 0.3 is 0 Å². The van der Waals surface area contributed by atoms with Gasteiger partial charge in [-0.2, -0.15) is 4.98 Å². The Balaban J connectivity index is 1.94. The van der Waals surface area contributed by atoms with Crippen molar-refractivity contribution in [1.82, 2.24) is 15.2 Å². The third-order valence-electron chi connectivity index (χ3n) is 3.96. The number of carbonyl (C=O) groups excluding carboxylic acids is 1. The first-order valence-corrected chi connectivity index (χ1v) is 10.9. The topological polar surface area (TPSA) is 68.2 Å². The summed E-state index contributed by atoms with van der Waals surface area (Å²) in [7, 11) is 0. The van der Waals surface area contributed by atoms with Crippen LogP contribution in [0.4, 0.5) is 5.69 Å². The average Bonchev–Trinajstić information content (AvgIpc) is 3.02. The standard InChI is InChI=1S/C18H15BrN4O2S2/c1-3-26-18-20-16-15(21-22-18)11-6-4-5-7-12(11)23(10(2)24)17(25-16)13-8-9-14(19)27-13/h4-9,17H,3H2,1-2H3/t17-/m0/s1. The molecule has 0 bridgehead atoms. The first kappa shape index (κ1) is 18.4. The number of anilines is 1. The van der Waals surface area contributed by atoms with Gasteiger partial charge in [-0.25, -0.2) is 0 Å². The SMILES string of the molecule is CCSc1nnc2c(n1)O[C@@H](c1ccc(Br)s1)N(C(C)=O)c1ccccc1-2. The number of benzene rings is 1. The molecule has 1 amide bonds. The molecule has 0 radical (unpaired) electrons. The fourth-order valence-electron chi connectivity index (χ4n) is 2.89. The number of thiophene rings is 1. The Bertz CT molecular complexity index is 1010. The highest BCUT2D eigenvalue weighted by atomic mass is 79.9. The van der Waals surface area contributed by atoms with Gasteiger partial charge < -0.3 is 4.74 Å². The molecule has 6 nitrogen and oxygen atoms in total. The Morgan fingerprint density at radius 1 is 1.30 bits per heavy atom. The summed E-state index contributed by atoms with van der Waals surface area (Å²) in [5.74, 6) is 1.09. The summed E-state index contributed by atoms with van der Waals surface area (Å²) in [6, 6.07) is 11.5. The van der Waals surface area contributed by atoms with Crippen LogP contribution in [0.15, 0.2) is 45.3 Å². The summed E-state index contributed by atoms with van der Waals surface area (Å²) in [6.07, 6.45) is -0.627. The third kappa shape index (κ3) is 3.46. The number of amides is 1. The van der Waals surface area contributed by atoms with Gasteiger partial charge in [0.15, 0.2) is 5.69 Å². The van der Waals surface area contributed by atoms with Gasteiger partial charge in [-0.3, -0.25) is 9.69 Å². The molecule has 27 heavy (non-hydrogen) atoms. The lowest BCUT2D eigenvalue weighted by atomic mass is 10.1. The molecule has 0 saturated heterocycles. The highest BCUT2D eigenvalue weighted by molar-refractivity contribution is 9.11. The number of halogens is 1. The largest absolute Gasteiger partial charge is 0.446 e. The van der Waals surface area contributed by atoms with E-state index in [1.165, 1.54) is 30.0 Å². The number of ether oxygens (including phenoxy) is 1. The molecule has 9 heteroatoms. The minimum Gasteiger partial charge on any atom is -0.446 e. The van der Waals surface area contributed by atoms with E-state index in [1.807, 2.05) is 43.3 Å². The van der Waals surface area contributed by atoms with Gasteiger partial charge in [0.05, 0.1) is 14.4 Å². The molecule has 1 aliphatic rings. The smallest absolute Gasteiger partial charge is 0.247 e. The van der Waals surface area contributed by atoms with E-state index in [9.17, 15) is 4.79 Å². The van der Waals surface area contributed by atoms with Crippen LogP contribution in [-0.4, -0.2) is 26.8 Å². The van der Waals surface area contributed by atoms with Crippen molar-refractivity contribution in [3.8, 4) is 17.1 Å². The van der Waals surface area contributed by atoms with Gasteiger partial charge in [-0.1, -0.05) is 36.9 Å². The van der Waals surface area contributed by atoms with Gasteiger partial charge in [0.1, 0.15) is 0 Å². The lowest BCUT2D eigenvalue weighted by Gasteiger charge is -2.28. The molecule has 0 saturated carbocycles. The van der Waals surface area contributed by atoms with Crippen molar-refractivity contribution >= 4 is 50.6 Å². The minimum atomic E-state index is -0.627. The van der Waals surface area contributed by atoms with Crippen LogP contribution in [0.2, 0.25) is 0 Å². The van der Waals surface area contributed by atoms with Crippen molar-refractivity contribution in [3.05, 3.63) is 45.1 Å². The van der Waals surface area contributed by atoms with Crippen LogP contribution in [0.1, 0.15) is 25.0 Å². The Labute approximate surface area is 173 Å². The van der Waals surface area contributed by atoms with E-state index in [-0.39, 0.29) is 5.91 Å². The van der Waals surface area contributed by atoms with Gasteiger partial charge in [0.2, 0.25) is 23.2 Å². The fraction of sp³-hybridized carbons (Fsp3) is 0.222. The normalized spacial score (nSPS) is 15.5. The fourth-order valence-corrected chi connectivity index (χ4v) is 4.84. The van der Waals surface area contributed by atoms with Crippen molar-refractivity contribution in [2.24, 2.45) is 0 Å². The summed E-state index contributed by atoms with van der Waals surface area (Å²) in [6.45, 7) is 3.56. The van der Waals surface area contributed by atoms with Crippen LogP contribution in [0.25, 0.3) is 11.3 Å². The summed E-state index contributed by atoms with van der Waals surface area (Å²) in [5.41, 5.74) is 2.04. The molecule has 138 valence electrons. The van der Waals surface area contributed by atoms with Crippen LogP contribution in [0.5, 0.6) is 5.88 Å². The van der Waals surface area contributed by atoms with E-state index >= 15 is 0 Å². The Hall–Kier alpha value is -1.97. The molecule has 3 aromatic rings. The van der Waals surface area contributed by atoms with Crippen molar-refractivity contribution in [2.45, 2.75) is 25.2 Å². The number of fused-ring (bicyclic) bond motifs is 3. The van der Waals surface area contributed by atoms with E-state index in [0.717, 1.165) is 25.7 Å². The number of hydrogen-bond donors (Lipinski definition) is 0. The second-order valence-corrected chi connectivity index (χ2v) is 9.43. The number of para-hydroxylation sites is 1. The van der Waals surface area contributed by atoms with Crippen molar-refractivity contribution < 1.29 is 9.53 Å². The molecule has 0 spiro atoms. The third-order valence-corrected chi connectivity index (χ3v) is 6.34. The van der Waals surface area contributed by atoms with Crippen molar-refractivity contribution in [1.29, 1.82) is 0 Å². The number of rotatable bonds is 3. The molecular weight excluding hydrogens is 448 g/mol. The van der Waals surface area contributed by atoms with E-state index < -0.39 is 6.23 Å². The molecular formula is C18H15BrN4O2S2. The Morgan fingerprint density at radius 3 is 2.81 bits per heavy atom. The molecule has 4 rings (SSSR count). The van der Waals surface area contributed by atoms with Gasteiger partial charge in [-0.05, 0) is 39.9 Å². The molecule has 3 heterocycles. The zero-order chi connectivity index (χ0) is 19.0. The van der Waals surface area contributed by atoms with Crippen LogP contribution >= 0.6 is 39.0 Å². The average molecular weight is 463 g/mol. The zero-order valence-corrected chi connectivity index (χ0v) is 17.8. The molecule has 0 unspecified atom stereocenters. The van der Waals surface area contributed by atoms with Crippen LogP contribution in [0, 0.1) is 0 Å². The zero-order valence-electron chi connectivity index (χ0n) is 14.5. The summed E-state index contributed by atoms with van der Waals surface area (Å²) < 4.78 is 7.23. The second-order valence-electron chi connectivity index (χ2n) is 5.70. The van der Waals surface area contributed by atoms with E-state index in [1.54, 1.807) is 4.90 Å².